The zero-order valence-electron chi connectivity index (χ0n) is 7.36. The van der Waals surface area contributed by atoms with Crippen molar-refractivity contribution < 1.29 is 34.7 Å². The highest BCUT2D eigenvalue weighted by molar-refractivity contribution is 5.73. The predicted molar refractivity (Wildman–Crippen MR) is 39.1 cm³/mol. The minimum absolute atomic E-state index is 1.16. The van der Waals surface area contributed by atoms with Crippen molar-refractivity contribution in [2.24, 2.45) is 0 Å². The average Bonchev–Trinajstić information content (AvgIpc) is 2.13. The molecule has 0 aromatic rings. The lowest BCUT2D eigenvalue weighted by Crippen LogP contribution is -2.63. The molecule has 1 heterocycles. The van der Waals surface area contributed by atoms with Gasteiger partial charge in [0.2, 0.25) is 0 Å². The normalized spacial score (nSPS) is 43.6. The highest BCUT2D eigenvalue weighted by Gasteiger charge is 2.44. The van der Waals surface area contributed by atoms with Crippen LogP contribution in [0.1, 0.15) is 0 Å². The molecule has 0 bridgehead atoms. The van der Waals surface area contributed by atoms with Crippen LogP contribution in [0.3, 0.4) is 0 Å². The average molecular weight is 207 g/mol. The summed E-state index contributed by atoms with van der Waals surface area (Å²) in [6.45, 7) is 0. The number of methoxy groups -OCH3 is 1. The van der Waals surface area contributed by atoms with Crippen molar-refractivity contribution in [2.75, 3.05) is 7.11 Å². The first kappa shape index (κ1) is 11.3. The maximum atomic E-state index is 10.9. The zero-order chi connectivity index (χ0) is 10.9. The van der Waals surface area contributed by atoms with Crippen molar-refractivity contribution in [1.29, 1.82) is 0 Å². The number of aliphatic hydroxyl groups excluding tert-OH is 2. The Labute approximate surface area is 79.5 Å². The monoisotopic (exact) mass is 207 g/mol. The summed E-state index contributed by atoms with van der Waals surface area (Å²) in [6, 6.07) is 0. The van der Waals surface area contributed by atoms with Gasteiger partial charge in [-0.2, -0.15) is 0 Å². The van der Waals surface area contributed by atoms with Gasteiger partial charge in [-0.1, -0.05) is 0 Å². The number of rotatable bonds is 2. The molecule has 1 saturated heterocycles. The molecule has 1 fully saturated rings. The van der Waals surface area contributed by atoms with Gasteiger partial charge in [-0.25, -0.2) is 4.79 Å². The Morgan fingerprint density at radius 2 is 2.00 bits per heavy atom. The van der Waals surface area contributed by atoms with Crippen molar-refractivity contribution >= 4 is 5.97 Å². The molecule has 0 aliphatic carbocycles. The molecular formula is C7H11O7-. The Morgan fingerprint density at radius 1 is 1.43 bits per heavy atom. The van der Waals surface area contributed by atoms with E-state index in [1.54, 1.807) is 0 Å². The van der Waals surface area contributed by atoms with Gasteiger partial charge in [0.15, 0.2) is 6.10 Å². The first-order valence-electron chi connectivity index (χ1n) is 3.92. The third-order valence-electron chi connectivity index (χ3n) is 2.06. The van der Waals surface area contributed by atoms with Crippen LogP contribution in [0, 0.1) is 0 Å². The van der Waals surface area contributed by atoms with Crippen LogP contribution < -0.4 is 5.11 Å². The molecular weight excluding hydrogens is 196 g/mol. The Bertz CT molecular complexity index is 218. The highest BCUT2D eigenvalue weighted by Crippen LogP contribution is 2.20. The lowest BCUT2D eigenvalue weighted by molar-refractivity contribution is -0.529. The molecule has 7 heteroatoms. The van der Waals surface area contributed by atoms with Gasteiger partial charge in [0.05, 0.1) is 6.10 Å². The third-order valence-corrected chi connectivity index (χ3v) is 2.06. The van der Waals surface area contributed by atoms with Gasteiger partial charge in [0.1, 0.15) is 12.2 Å². The number of aliphatic hydroxyl groups is 2. The summed E-state index contributed by atoms with van der Waals surface area (Å²) in [5, 5.41) is 37.9. The summed E-state index contributed by atoms with van der Waals surface area (Å²) >= 11 is 0. The first-order chi connectivity index (χ1) is 6.49. The summed E-state index contributed by atoms with van der Waals surface area (Å²) in [6.07, 6.45) is -8.01. The second-order valence-electron chi connectivity index (χ2n) is 2.94. The Morgan fingerprint density at radius 3 is 2.43 bits per heavy atom. The molecule has 0 spiro atoms. The number of hydrogen-bond donors (Lipinski definition) is 3. The molecule has 5 atom stereocenters. The lowest BCUT2D eigenvalue weighted by Gasteiger charge is -2.43. The summed E-state index contributed by atoms with van der Waals surface area (Å²) in [7, 11) is 1.16. The Balaban J connectivity index is 2.82. The highest BCUT2D eigenvalue weighted by atomic mass is 16.7. The van der Waals surface area contributed by atoms with Crippen LogP contribution >= 0.6 is 0 Å². The minimum atomic E-state index is -1.97. The number of ether oxygens (including phenoxy) is 2. The Kier molecular flexibility index (Phi) is 3.40. The van der Waals surface area contributed by atoms with Crippen LogP contribution in [0.2, 0.25) is 0 Å². The molecule has 0 unspecified atom stereocenters. The SMILES string of the molecule is CO[C@H]1[C@H](O)[C@@H](O)[C@H]([O-])O[C@@H]1C(=O)O. The number of aliphatic carboxylic acids is 1. The van der Waals surface area contributed by atoms with E-state index in [9.17, 15) is 15.0 Å². The van der Waals surface area contributed by atoms with Gasteiger partial charge < -0.3 is 29.9 Å². The number of hydrogen-bond acceptors (Lipinski definition) is 6. The third kappa shape index (κ3) is 1.86. The zero-order valence-corrected chi connectivity index (χ0v) is 7.36. The molecule has 1 aliphatic heterocycles. The number of carboxylic acids is 1. The first-order valence-corrected chi connectivity index (χ1v) is 3.92. The van der Waals surface area contributed by atoms with Crippen molar-refractivity contribution in [3.05, 3.63) is 0 Å². The minimum Gasteiger partial charge on any atom is -0.829 e. The van der Waals surface area contributed by atoms with Crippen molar-refractivity contribution in [3.63, 3.8) is 0 Å². The fourth-order valence-electron chi connectivity index (χ4n) is 1.30. The summed E-state index contributed by atoms with van der Waals surface area (Å²) < 4.78 is 9.09. The van der Waals surface area contributed by atoms with E-state index in [1.165, 1.54) is 0 Å². The maximum absolute atomic E-state index is 10.9. The molecule has 0 aromatic carbocycles. The van der Waals surface area contributed by atoms with Gasteiger partial charge in [0, 0.05) is 13.4 Å². The molecule has 14 heavy (non-hydrogen) atoms. The summed E-state index contributed by atoms with van der Waals surface area (Å²) in [4.78, 5) is 10.6. The van der Waals surface area contributed by atoms with E-state index in [-0.39, 0.29) is 0 Å². The van der Waals surface area contributed by atoms with Gasteiger partial charge in [-0.05, 0) is 0 Å². The number of carbonyl (C=O) groups is 1. The number of carboxylic acid groups (broad SMARTS) is 1. The smallest absolute Gasteiger partial charge is 0.335 e. The molecule has 0 radical (unpaired) electrons. The second kappa shape index (κ2) is 4.20. The van der Waals surface area contributed by atoms with Gasteiger partial charge >= 0.3 is 5.97 Å². The standard InChI is InChI=1S/C7H11O7/c1-13-4-2(8)3(9)7(12)14-5(4)6(10)11/h2-5,7-9H,1H3,(H,10,11)/q-1/t2-,3-,4+,5+,7-/m1/s1. The molecule has 7 nitrogen and oxygen atoms in total. The van der Waals surface area contributed by atoms with E-state index in [4.69, 9.17) is 10.2 Å². The largest absolute Gasteiger partial charge is 0.829 e. The van der Waals surface area contributed by atoms with Gasteiger partial charge in [-0.3, -0.25) is 0 Å². The molecule has 82 valence electrons. The van der Waals surface area contributed by atoms with Crippen LogP contribution in [-0.2, 0) is 14.3 Å². The van der Waals surface area contributed by atoms with Crippen LogP contribution in [0.15, 0.2) is 0 Å². The quantitative estimate of drug-likeness (QED) is 0.438. The van der Waals surface area contributed by atoms with E-state index in [2.05, 4.69) is 9.47 Å². The van der Waals surface area contributed by atoms with E-state index in [1.807, 2.05) is 0 Å². The van der Waals surface area contributed by atoms with Gasteiger partial charge in [-0.15, -0.1) is 0 Å². The van der Waals surface area contributed by atoms with Crippen molar-refractivity contribution in [2.45, 2.75) is 30.7 Å². The molecule has 0 amide bonds. The molecule has 0 saturated carbocycles. The van der Waals surface area contributed by atoms with E-state index in [0.717, 1.165) is 7.11 Å². The van der Waals surface area contributed by atoms with E-state index < -0.39 is 36.7 Å². The maximum Gasteiger partial charge on any atom is 0.335 e. The van der Waals surface area contributed by atoms with Gasteiger partial charge in [0.25, 0.3) is 0 Å². The fourth-order valence-corrected chi connectivity index (χ4v) is 1.30. The molecule has 3 N–H and O–H groups in total. The topological polar surface area (TPSA) is 119 Å². The summed E-state index contributed by atoms with van der Waals surface area (Å²) in [5.41, 5.74) is 0. The lowest BCUT2D eigenvalue weighted by atomic mass is 9.99. The van der Waals surface area contributed by atoms with Crippen LogP contribution in [0.5, 0.6) is 0 Å². The van der Waals surface area contributed by atoms with Crippen LogP contribution in [0.4, 0.5) is 0 Å². The Hall–Kier alpha value is -0.730. The molecule has 0 aromatic heterocycles. The predicted octanol–water partition coefficient (Wildman–Crippen LogP) is -3.11. The van der Waals surface area contributed by atoms with Crippen LogP contribution in [-0.4, -0.2) is 59.1 Å². The molecule has 1 rings (SSSR count). The summed E-state index contributed by atoms with van der Waals surface area (Å²) in [5.74, 6) is -1.41. The fraction of sp³-hybridized carbons (Fsp3) is 0.857. The second-order valence-corrected chi connectivity index (χ2v) is 2.94. The molecule has 1 aliphatic rings. The van der Waals surface area contributed by atoms with Crippen molar-refractivity contribution in [3.8, 4) is 0 Å². The van der Waals surface area contributed by atoms with E-state index in [0.29, 0.717) is 0 Å². The van der Waals surface area contributed by atoms with Crippen molar-refractivity contribution in [1.82, 2.24) is 0 Å². The van der Waals surface area contributed by atoms with E-state index >= 15 is 0 Å². The van der Waals surface area contributed by atoms with Crippen LogP contribution in [0.25, 0.3) is 0 Å².